The maximum absolute atomic E-state index is 5.36. The largest absolute Gasteiger partial charge is 0.497 e. The van der Waals surface area contributed by atoms with Crippen molar-refractivity contribution < 1.29 is 4.74 Å². The second-order valence-corrected chi connectivity index (χ2v) is 5.04. The third-order valence-electron chi connectivity index (χ3n) is 4.12. The van der Waals surface area contributed by atoms with Crippen LogP contribution in [0.5, 0.6) is 5.75 Å². The molecule has 3 heteroatoms. The monoisotopic (exact) mass is 240 g/mol. The van der Waals surface area contributed by atoms with Crippen molar-refractivity contribution in [2.45, 2.75) is 25.8 Å². The summed E-state index contributed by atoms with van der Waals surface area (Å²) in [6, 6.07) is 6.43. The molecule has 0 fully saturated rings. The van der Waals surface area contributed by atoms with Crippen molar-refractivity contribution in [3.8, 4) is 5.75 Å². The van der Waals surface area contributed by atoms with Crippen LogP contribution >= 0.6 is 0 Å². The second kappa shape index (κ2) is 3.61. The van der Waals surface area contributed by atoms with Gasteiger partial charge in [0.25, 0.3) is 0 Å². The Labute approximate surface area is 106 Å². The summed E-state index contributed by atoms with van der Waals surface area (Å²) in [6.07, 6.45) is 3.54. The molecule has 1 aliphatic heterocycles. The summed E-state index contributed by atoms with van der Waals surface area (Å²) < 4.78 is 7.81. The van der Waals surface area contributed by atoms with Crippen molar-refractivity contribution in [1.82, 2.24) is 4.57 Å². The molecule has 0 spiro atoms. The van der Waals surface area contributed by atoms with E-state index >= 15 is 0 Å². The van der Waals surface area contributed by atoms with Crippen LogP contribution in [0.1, 0.15) is 24.1 Å². The van der Waals surface area contributed by atoms with E-state index in [9.17, 15) is 0 Å². The molecule has 0 bridgehead atoms. The summed E-state index contributed by atoms with van der Waals surface area (Å²) in [7, 11) is 1.73. The smallest absolute Gasteiger partial charge is 0.119 e. The van der Waals surface area contributed by atoms with Gasteiger partial charge in [0.2, 0.25) is 0 Å². The van der Waals surface area contributed by atoms with Crippen molar-refractivity contribution in [3.05, 3.63) is 29.5 Å². The zero-order valence-corrected chi connectivity index (χ0v) is 10.6. The first-order valence-electron chi connectivity index (χ1n) is 6.61. The summed E-state index contributed by atoms with van der Waals surface area (Å²) in [5.41, 5.74) is 5.54. The quantitative estimate of drug-likeness (QED) is 0.753. The molecule has 0 saturated heterocycles. The number of hydrogen-bond donors (Lipinski definition) is 0. The van der Waals surface area contributed by atoms with Crippen LogP contribution in [0.2, 0.25) is 0 Å². The fourth-order valence-corrected chi connectivity index (χ4v) is 3.34. The van der Waals surface area contributed by atoms with Crippen LogP contribution in [0.25, 0.3) is 10.9 Å². The normalized spacial score (nSPS) is 17.5. The molecule has 1 aromatic heterocycles. The molecule has 0 saturated carbocycles. The molecule has 2 heterocycles. The van der Waals surface area contributed by atoms with Crippen LogP contribution in [0.15, 0.2) is 23.2 Å². The fraction of sp³-hybridized carbons (Fsp3) is 0.400. The third kappa shape index (κ3) is 1.22. The molecule has 1 aliphatic carbocycles. The van der Waals surface area contributed by atoms with E-state index in [0.717, 1.165) is 25.3 Å². The number of ether oxygens (including phenoxy) is 1. The topological polar surface area (TPSA) is 26.5 Å². The first-order valence-corrected chi connectivity index (χ1v) is 6.61. The van der Waals surface area contributed by atoms with Gasteiger partial charge in [0.15, 0.2) is 0 Å². The lowest BCUT2D eigenvalue weighted by Crippen LogP contribution is -2.22. The van der Waals surface area contributed by atoms with E-state index < -0.39 is 0 Å². The van der Waals surface area contributed by atoms with Crippen molar-refractivity contribution in [2.24, 2.45) is 4.99 Å². The van der Waals surface area contributed by atoms with Crippen LogP contribution in [0.4, 0.5) is 0 Å². The van der Waals surface area contributed by atoms with Gasteiger partial charge in [-0.05, 0) is 43.0 Å². The predicted molar refractivity (Wildman–Crippen MR) is 72.8 cm³/mol. The SMILES string of the molecule is COc1ccc2c(c1)c1c3n2CCN=C3CCC1. The van der Waals surface area contributed by atoms with Crippen LogP contribution < -0.4 is 4.74 Å². The Morgan fingerprint density at radius 1 is 1.28 bits per heavy atom. The van der Waals surface area contributed by atoms with Gasteiger partial charge in [-0.15, -0.1) is 0 Å². The average Bonchev–Trinajstić information content (AvgIpc) is 2.76. The number of aromatic nitrogens is 1. The van der Waals surface area contributed by atoms with E-state index in [1.165, 1.54) is 40.7 Å². The minimum absolute atomic E-state index is 0.928. The van der Waals surface area contributed by atoms with Crippen molar-refractivity contribution in [1.29, 1.82) is 0 Å². The van der Waals surface area contributed by atoms with Crippen LogP contribution in [0.3, 0.4) is 0 Å². The number of fused-ring (bicyclic) bond motifs is 3. The number of rotatable bonds is 1. The van der Waals surface area contributed by atoms with E-state index in [2.05, 4.69) is 22.8 Å². The lowest BCUT2D eigenvalue weighted by atomic mass is 9.93. The lowest BCUT2D eigenvalue weighted by molar-refractivity contribution is 0.415. The van der Waals surface area contributed by atoms with E-state index in [1.54, 1.807) is 7.11 Å². The van der Waals surface area contributed by atoms with Gasteiger partial charge in [-0.3, -0.25) is 4.99 Å². The predicted octanol–water partition coefficient (Wildman–Crippen LogP) is 2.79. The molecule has 1 aromatic carbocycles. The molecule has 0 N–H and O–H groups in total. The van der Waals surface area contributed by atoms with E-state index in [0.29, 0.717) is 0 Å². The molecule has 3 nitrogen and oxygen atoms in total. The third-order valence-corrected chi connectivity index (χ3v) is 4.12. The maximum Gasteiger partial charge on any atom is 0.119 e. The number of methoxy groups -OCH3 is 1. The molecule has 0 radical (unpaired) electrons. The Kier molecular flexibility index (Phi) is 2.04. The highest BCUT2D eigenvalue weighted by atomic mass is 16.5. The zero-order chi connectivity index (χ0) is 12.1. The Bertz CT molecular complexity index is 667. The minimum atomic E-state index is 0.928. The van der Waals surface area contributed by atoms with Crippen LogP contribution in [0, 0.1) is 0 Å². The summed E-state index contributed by atoms with van der Waals surface area (Å²) in [4.78, 5) is 4.70. The maximum atomic E-state index is 5.36. The van der Waals surface area contributed by atoms with E-state index in [-0.39, 0.29) is 0 Å². The summed E-state index contributed by atoms with van der Waals surface area (Å²) >= 11 is 0. The molecule has 2 aromatic rings. The van der Waals surface area contributed by atoms with Crippen LogP contribution in [-0.4, -0.2) is 23.9 Å². The number of benzene rings is 1. The zero-order valence-electron chi connectivity index (χ0n) is 10.6. The number of aliphatic imine (C=N–C) groups is 1. The molecule has 2 aliphatic rings. The van der Waals surface area contributed by atoms with E-state index in [4.69, 9.17) is 9.73 Å². The first-order chi connectivity index (χ1) is 8.88. The highest BCUT2D eigenvalue weighted by Crippen LogP contribution is 2.35. The first kappa shape index (κ1) is 10.2. The molecule has 0 amide bonds. The summed E-state index contributed by atoms with van der Waals surface area (Å²) in [5, 5.41) is 1.36. The number of aryl methyl sites for hydroxylation is 1. The summed E-state index contributed by atoms with van der Waals surface area (Å²) in [5.74, 6) is 0.950. The highest BCUT2D eigenvalue weighted by Gasteiger charge is 2.26. The van der Waals surface area contributed by atoms with Gasteiger partial charge in [0.1, 0.15) is 5.75 Å². The molecule has 92 valence electrons. The summed E-state index contributed by atoms with van der Waals surface area (Å²) in [6.45, 7) is 1.94. The van der Waals surface area contributed by atoms with Crippen molar-refractivity contribution >= 4 is 16.6 Å². The Balaban J connectivity index is 2.09. The second-order valence-electron chi connectivity index (χ2n) is 5.04. The molecule has 18 heavy (non-hydrogen) atoms. The van der Waals surface area contributed by atoms with Gasteiger partial charge in [-0.25, -0.2) is 0 Å². The molecule has 0 unspecified atom stereocenters. The van der Waals surface area contributed by atoms with Crippen LogP contribution in [-0.2, 0) is 13.0 Å². The van der Waals surface area contributed by atoms with Gasteiger partial charge in [0, 0.05) is 17.4 Å². The van der Waals surface area contributed by atoms with Gasteiger partial charge >= 0.3 is 0 Å². The van der Waals surface area contributed by atoms with Crippen molar-refractivity contribution in [2.75, 3.05) is 13.7 Å². The van der Waals surface area contributed by atoms with Gasteiger partial charge in [0.05, 0.1) is 25.1 Å². The number of nitrogens with zero attached hydrogens (tertiary/aromatic N) is 2. The van der Waals surface area contributed by atoms with Gasteiger partial charge in [-0.1, -0.05) is 0 Å². The standard InChI is InChI=1S/C15H16N2O/c1-18-10-5-6-14-12(9-10)11-3-2-4-13-15(11)17(14)8-7-16-13/h5-6,9H,2-4,7-8H2,1H3. The van der Waals surface area contributed by atoms with Gasteiger partial charge in [-0.2, -0.15) is 0 Å². The molecular formula is C15H16N2O. The van der Waals surface area contributed by atoms with Gasteiger partial charge < -0.3 is 9.30 Å². The Morgan fingerprint density at radius 3 is 3.11 bits per heavy atom. The average molecular weight is 240 g/mol. The lowest BCUT2D eigenvalue weighted by Gasteiger charge is -2.21. The fourth-order valence-electron chi connectivity index (χ4n) is 3.34. The Hall–Kier alpha value is -1.77. The Morgan fingerprint density at radius 2 is 2.22 bits per heavy atom. The highest BCUT2D eigenvalue weighted by molar-refractivity contribution is 6.07. The molecular weight excluding hydrogens is 224 g/mol. The number of hydrogen-bond acceptors (Lipinski definition) is 2. The molecule has 0 atom stereocenters. The minimum Gasteiger partial charge on any atom is -0.497 e. The van der Waals surface area contributed by atoms with Crippen molar-refractivity contribution in [3.63, 3.8) is 0 Å². The van der Waals surface area contributed by atoms with E-state index in [1.807, 2.05) is 0 Å². The molecule has 4 rings (SSSR count).